The van der Waals surface area contributed by atoms with E-state index in [9.17, 15) is 13.2 Å². The zero-order chi connectivity index (χ0) is 23.7. The van der Waals surface area contributed by atoms with E-state index >= 15 is 0 Å². The maximum absolute atomic E-state index is 13.4. The van der Waals surface area contributed by atoms with Gasteiger partial charge in [-0.2, -0.15) is 4.31 Å². The van der Waals surface area contributed by atoms with Crippen molar-refractivity contribution in [3.8, 4) is 0 Å². The maximum Gasteiger partial charge on any atom is 0.245 e. The molecule has 0 unspecified atom stereocenters. The maximum atomic E-state index is 13.4. The summed E-state index contributed by atoms with van der Waals surface area (Å²) in [6.45, 7) is 5.22. The highest BCUT2D eigenvalue weighted by atomic mass is 32.2. The number of piperidine rings is 1. The predicted molar refractivity (Wildman–Crippen MR) is 129 cm³/mol. The molecule has 2 aliphatic heterocycles. The summed E-state index contributed by atoms with van der Waals surface area (Å²) in [7, 11) is -3.69. The molecular weight excluding hydrogens is 452 g/mol. The summed E-state index contributed by atoms with van der Waals surface area (Å²) in [6, 6.07) is 8.98. The second-order valence-corrected chi connectivity index (χ2v) is 10.8. The molecule has 0 bridgehead atoms. The van der Waals surface area contributed by atoms with Crippen molar-refractivity contribution in [2.45, 2.75) is 24.7 Å². The number of rotatable bonds is 4. The van der Waals surface area contributed by atoms with Crippen molar-refractivity contribution in [3.05, 3.63) is 54.5 Å². The SMILES string of the molecule is Cc1cnc2c(S(=O)(=O)N3CCC(C(=O)N4CCN(c5ncccn5)CC4)CC3)cccc2c1. The number of aryl methyl sites for hydroxylation is 1. The van der Waals surface area contributed by atoms with Gasteiger partial charge in [-0.25, -0.2) is 18.4 Å². The van der Waals surface area contributed by atoms with Crippen LogP contribution in [0.4, 0.5) is 5.95 Å². The Hall–Kier alpha value is -3.11. The van der Waals surface area contributed by atoms with Crippen LogP contribution in [-0.2, 0) is 14.8 Å². The van der Waals surface area contributed by atoms with Crippen LogP contribution in [-0.4, -0.2) is 77.8 Å². The van der Waals surface area contributed by atoms with E-state index in [-0.39, 0.29) is 16.7 Å². The van der Waals surface area contributed by atoms with E-state index in [0.29, 0.717) is 63.6 Å². The van der Waals surface area contributed by atoms with Crippen LogP contribution in [0.15, 0.2) is 53.8 Å². The van der Waals surface area contributed by atoms with E-state index in [1.807, 2.05) is 24.0 Å². The Kier molecular flexibility index (Phi) is 6.18. The van der Waals surface area contributed by atoms with Crippen molar-refractivity contribution in [3.63, 3.8) is 0 Å². The first-order valence-electron chi connectivity index (χ1n) is 11.6. The molecule has 2 aromatic heterocycles. The zero-order valence-corrected chi connectivity index (χ0v) is 20.0. The topological polar surface area (TPSA) is 99.6 Å². The number of pyridine rings is 1. The van der Waals surface area contributed by atoms with Gasteiger partial charge in [-0.1, -0.05) is 12.1 Å². The minimum atomic E-state index is -3.69. The number of anilines is 1. The van der Waals surface area contributed by atoms with E-state index in [0.717, 1.165) is 10.9 Å². The smallest absolute Gasteiger partial charge is 0.245 e. The predicted octanol–water partition coefficient (Wildman–Crippen LogP) is 2.08. The number of fused-ring (bicyclic) bond motifs is 1. The van der Waals surface area contributed by atoms with Crippen LogP contribution in [0.2, 0.25) is 0 Å². The molecule has 4 heterocycles. The average Bonchev–Trinajstić information content (AvgIpc) is 2.88. The Bertz CT molecular complexity index is 1280. The lowest BCUT2D eigenvalue weighted by molar-refractivity contribution is -0.137. The third kappa shape index (κ3) is 4.35. The van der Waals surface area contributed by atoms with Gasteiger partial charge in [0.15, 0.2) is 0 Å². The number of hydrogen-bond acceptors (Lipinski definition) is 7. The molecular formula is C24H28N6O3S. The van der Waals surface area contributed by atoms with Gasteiger partial charge in [0.25, 0.3) is 0 Å². The van der Waals surface area contributed by atoms with Gasteiger partial charge < -0.3 is 9.80 Å². The minimum absolute atomic E-state index is 0.119. The van der Waals surface area contributed by atoms with Crippen LogP contribution in [0.3, 0.4) is 0 Å². The highest BCUT2D eigenvalue weighted by Crippen LogP contribution is 2.29. The zero-order valence-electron chi connectivity index (χ0n) is 19.2. The Morgan fingerprint density at radius 1 is 0.941 bits per heavy atom. The van der Waals surface area contributed by atoms with Crippen molar-refractivity contribution in [1.82, 2.24) is 24.2 Å². The highest BCUT2D eigenvalue weighted by Gasteiger charge is 2.35. The molecule has 0 radical (unpaired) electrons. The van der Waals surface area contributed by atoms with E-state index in [1.165, 1.54) is 4.31 Å². The summed E-state index contributed by atoms with van der Waals surface area (Å²) in [5, 5.41) is 0.811. The van der Waals surface area contributed by atoms with Gasteiger partial charge in [0.2, 0.25) is 21.9 Å². The number of carbonyl (C=O) groups is 1. The summed E-state index contributed by atoms with van der Waals surface area (Å²) in [5.74, 6) is 0.651. The second kappa shape index (κ2) is 9.27. The summed E-state index contributed by atoms with van der Waals surface area (Å²) >= 11 is 0. The molecule has 0 atom stereocenters. The number of carbonyl (C=O) groups excluding carboxylic acids is 1. The lowest BCUT2D eigenvalue weighted by atomic mass is 9.96. The van der Waals surface area contributed by atoms with Gasteiger partial charge >= 0.3 is 0 Å². The molecule has 0 saturated carbocycles. The van der Waals surface area contributed by atoms with Crippen molar-refractivity contribution in [1.29, 1.82) is 0 Å². The first-order valence-corrected chi connectivity index (χ1v) is 13.0. The standard InChI is InChI=1S/C24H28N6O3S/c1-18-16-20-4-2-5-21(22(20)27-17-18)34(32,33)30-10-6-19(7-11-30)23(31)28-12-14-29(15-13-28)24-25-8-3-9-26-24/h2-5,8-9,16-17,19H,6-7,10-15H2,1H3. The van der Waals surface area contributed by atoms with Gasteiger partial charge in [0.05, 0.1) is 5.52 Å². The number of hydrogen-bond donors (Lipinski definition) is 0. The lowest BCUT2D eigenvalue weighted by Gasteiger charge is -2.38. The molecule has 0 aliphatic carbocycles. The normalized spacial score (nSPS) is 18.4. The number of piperazine rings is 1. The molecule has 10 heteroatoms. The fourth-order valence-electron chi connectivity index (χ4n) is 4.77. The van der Waals surface area contributed by atoms with E-state index in [1.54, 1.807) is 36.8 Å². The third-order valence-corrected chi connectivity index (χ3v) is 8.59. The molecule has 2 saturated heterocycles. The Balaban J connectivity index is 1.22. The van der Waals surface area contributed by atoms with Crippen LogP contribution in [0.1, 0.15) is 18.4 Å². The highest BCUT2D eigenvalue weighted by molar-refractivity contribution is 7.89. The number of para-hydroxylation sites is 1. The van der Waals surface area contributed by atoms with Crippen molar-refractivity contribution in [2.24, 2.45) is 5.92 Å². The van der Waals surface area contributed by atoms with Gasteiger partial charge in [-0.3, -0.25) is 9.78 Å². The van der Waals surface area contributed by atoms with Crippen LogP contribution in [0, 0.1) is 12.8 Å². The van der Waals surface area contributed by atoms with Crippen LogP contribution in [0.25, 0.3) is 10.9 Å². The molecule has 1 amide bonds. The van der Waals surface area contributed by atoms with Crippen molar-refractivity contribution >= 4 is 32.8 Å². The number of sulfonamides is 1. The van der Waals surface area contributed by atoms with Crippen LogP contribution < -0.4 is 4.90 Å². The van der Waals surface area contributed by atoms with E-state index in [4.69, 9.17) is 0 Å². The van der Waals surface area contributed by atoms with Crippen molar-refractivity contribution in [2.75, 3.05) is 44.2 Å². The van der Waals surface area contributed by atoms with Crippen LogP contribution >= 0.6 is 0 Å². The Morgan fingerprint density at radius 3 is 2.35 bits per heavy atom. The molecule has 0 spiro atoms. The molecule has 34 heavy (non-hydrogen) atoms. The second-order valence-electron chi connectivity index (χ2n) is 8.88. The number of aromatic nitrogens is 3. The fourth-order valence-corrected chi connectivity index (χ4v) is 6.41. The summed E-state index contributed by atoms with van der Waals surface area (Å²) < 4.78 is 28.3. The van der Waals surface area contributed by atoms with Gasteiger partial charge in [-0.05, 0) is 43.5 Å². The molecule has 5 rings (SSSR count). The minimum Gasteiger partial charge on any atom is -0.339 e. The number of amides is 1. The Labute approximate surface area is 199 Å². The monoisotopic (exact) mass is 480 g/mol. The van der Waals surface area contributed by atoms with Crippen LogP contribution in [0.5, 0.6) is 0 Å². The molecule has 178 valence electrons. The number of benzene rings is 1. The van der Waals surface area contributed by atoms with Gasteiger partial charge in [0.1, 0.15) is 4.90 Å². The summed E-state index contributed by atoms with van der Waals surface area (Å²) in [5.41, 5.74) is 1.48. The molecule has 2 fully saturated rings. The largest absolute Gasteiger partial charge is 0.339 e. The summed E-state index contributed by atoms with van der Waals surface area (Å²) in [4.78, 5) is 30.3. The number of nitrogens with zero attached hydrogens (tertiary/aromatic N) is 6. The first-order chi connectivity index (χ1) is 16.4. The van der Waals surface area contributed by atoms with E-state index in [2.05, 4.69) is 19.9 Å². The van der Waals surface area contributed by atoms with Gasteiger partial charge in [0, 0.05) is 69.2 Å². The fraction of sp³-hybridized carbons (Fsp3) is 0.417. The molecule has 3 aromatic rings. The lowest BCUT2D eigenvalue weighted by Crippen LogP contribution is -2.52. The Morgan fingerprint density at radius 2 is 1.65 bits per heavy atom. The molecule has 0 N–H and O–H groups in total. The third-order valence-electron chi connectivity index (χ3n) is 6.66. The molecule has 1 aromatic carbocycles. The summed E-state index contributed by atoms with van der Waals surface area (Å²) in [6.07, 6.45) is 6.18. The average molecular weight is 481 g/mol. The first kappa shape index (κ1) is 22.7. The molecule has 2 aliphatic rings. The quantitative estimate of drug-likeness (QED) is 0.564. The van der Waals surface area contributed by atoms with E-state index < -0.39 is 10.0 Å². The molecule has 9 nitrogen and oxygen atoms in total. The van der Waals surface area contributed by atoms with Crippen molar-refractivity contribution < 1.29 is 13.2 Å². The van der Waals surface area contributed by atoms with Gasteiger partial charge in [-0.15, -0.1) is 0 Å².